The number of hydrogen-bond donors (Lipinski definition) is 2. The molecule has 0 aliphatic carbocycles. The number of para-hydroxylation sites is 1. The Labute approximate surface area is 181 Å². The molecule has 2 aromatic carbocycles. The summed E-state index contributed by atoms with van der Waals surface area (Å²) < 4.78 is 1.64. The van der Waals surface area contributed by atoms with Crippen molar-refractivity contribution in [1.29, 1.82) is 0 Å². The largest absolute Gasteiger partial charge is 0.481 e. The number of nitrogens with zero attached hydrogens (tertiary/aromatic N) is 3. The lowest BCUT2D eigenvalue weighted by atomic mass is 9.93. The van der Waals surface area contributed by atoms with Crippen LogP contribution in [-0.4, -0.2) is 33.7 Å². The molecule has 1 atom stereocenters. The van der Waals surface area contributed by atoms with Crippen molar-refractivity contribution in [3.05, 3.63) is 64.7 Å². The molecule has 0 amide bonds. The third kappa shape index (κ3) is 4.18. The molecule has 0 saturated carbocycles. The summed E-state index contributed by atoms with van der Waals surface area (Å²) in [6, 6.07) is 14.9. The molecule has 7 nitrogen and oxygen atoms in total. The lowest BCUT2D eigenvalue weighted by molar-refractivity contribution is -0.138. The van der Waals surface area contributed by atoms with Crippen molar-refractivity contribution in [1.82, 2.24) is 9.55 Å². The van der Waals surface area contributed by atoms with Gasteiger partial charge < -0.3 is 15.7 Å². The first-order valence-electron chi connectivity index (χ1n) is 10.8. The van der Waals surface area contributed by atoms with Crippen LogP contribution >= 0.6 is 0 Å². The molecule has 1 unspecified atom stereocenters. The van der Waals surface area contributed by atoms with Crippen molar-refractivity contribution < 1.29 is 9.90 Å². The van der Waals surface area contributed by atoms with Crippen LogP contribution in [0.15, 0.2) is 53.3 Å². The van der Waals surface area contributed by atoms with Gasteiger partial charge in [0.25, 0.3) is 5.56 Å². The Hall–Kier alpha value is -3.19. The normalized spacial score (nSPS) is 15.9. The second-order valence-electron chi connectivity index (χ2n) is 8.16. The van der Waals surface area contributed by atoms with Gasteiger partial charge in [0, 0.05) is 19.5 Å². The molecule has 2 heterocycles. The lowest BCUT2D eigenvalue weighted by Crippen LogP contribution is -2.36. The van der Waals surface area contributed by atoms with E-state index in [4.69, 9.17) is 15.8 Å². The van der Waals surface area contributed by atoms with Crippen LogP contribution in [0.5, 0.6) is 0 Å². The third-order valence-electron chi connectivity index (χ3n) is 6.11. The number of anilines is 1. The Balaban J connectivity index is 1.83. The van der Waals surface area contributed by atoms with E-state index in [9.17, 15) is 9.59 Å². The number of piperidine rings is 1. The first-order chi connectivity index (χ1) is 15.0. The molecule has 1 aliphatic heterocycles. The number of nitrogens with two attached hydrogens (primary N) is 1. The van der Waals surface area contributed by atoms with Crippen LogP contribution in [0.25, 0.3) is 16.6 Å². The zero-order chi connectivity index (χ0) is 22.0. The second-order valence-corrected chi connectivity index (χ2v) is 8.16. The molecule has 3 N–H and O–H groups in total. The number of carboxylic acid groups (broad SMARTS) is 1. The van der Waals surface area contributed by atoms with Gasteiger partial charge in [-0.1, -0.05) is 31.2 Å². The van der Waals surface area contributed by atoms with Gasteiger partial charge in [-0.05, 0) is 49.4 Å². The molecule has 1 fully saturated rings. The van der Waals surface area contributed by atoms with Gasteiger partial charge in [0.15, 0.2) is 0 Å². The summed E-state index contributed by atoms with van der Waals surface area (Å²) in [4.78, 5) is 31.9. The van der Waals surface area contributed by atoms with E-state index in [0.29, 0.717) is 23.1 Å². The minimum absolute atomic E-state index is 0.127. The maximum absolute atomic E-state index is 13.8. The molecule has 0 bridgehead atoms. The Kier molecular flexibility index (Phi) is 6.04. The van der Waals surface area contributed by atoms with Gasteiger partial charge >= 0.3 is 5.97 Å². The van der Waals surface area contributed by atoms with Gasteiger partial charge in [0.2, 0.25) is 0 Å². The van der Waals surface area contributed by atoms with E-state index in [1.165, 1.54) is 0 Å². The molecular weight excluding hydrogens is 392 g/mol. The van der Waals surface area contributed by atoms with Gasteiger partial charge in [-0.2, -0.15) is 0 Å². The van der Waals surface area contributed by atoms with Crippen LogP contribution in [0.1, 0.15) is 44.5 Å². The second kappa shape index (κ2) is 8.89. The summed E-state index contributed by atoms with van der Waals surface area (Å²) in [5.41, 5.74) is 8.46. The fraction of sp³-hybridized carbons (Fsp3) is 0.375. The highest BCUT2D eigenvalue weighted by Gasteiger charge is 2.25. The van der Waals surface area contributed by atoms with Gasteiger partial charge in [-0.25, -0.2) is 4.98 Å². The van der Waals surface area contributed by atoms with Gasteiger partial charge in [-0.15, -0.1) is 0 Å². The van der Waals surface area contributed by atoms with E-state index < -0.39 is 5.97 Å². The lowest BCUT2D eigenvalue weighted by Gasteiger charge is -2.33. The summed E-state index contributed by atoms with van der Waals surface area (Å²) in [5, 5.41) is 9.66. The molecule has 162 valence electrons. The topological polar surface area (TPSA) is 101 Å². The minimum Gasteiger partial charge on any atom is -0.481 e. The Morgan fingerprint density at radius 1 is 1.16 bits per heavy atom. The van der Waals surface area contributed by atoms with Crippen LogP contribution in [-0.2, 0) is 4.79 Å². The number of rotatable bonds is 6. The van der Waals surface area contributed by atoms with E-state index in [1.807, 2.05) is 55.5 Å². The molecular formula is C24H28N4O3. The molecule has 1 aromatic heterocycles. The SMILES string of the molecule is CCC(N)c1nc2cccc(N3CCC(CC(=O)O)CC3)c2c(=O)n1-c1ccccc1. The number of aromatic nitrogens is 2. The quantitative estimate of drug-likeness (QED) is 0.633. The summed E-state index contributed by atoms with van der Waals surface area (Å²) in [5.74, 6) is -0.0150. The number of benzene rings is 2. The highest BCUT2D eigenvalue weighted by atomic mass is 16.4. The van der Waals surface area contributed by atoms with E-state index in [1.54, 1.807) is 4.57 Å². The molecule has 1 aliphatic rings. The van der Waals surface area contributed by atoms with Crippen LogP contribution in [0.4, 0.5) is 5.69 Å². The van der Waals surface area contributed by atoms with E-state index >= 15 is 0 Å². The number of aliphatic carboxylic acids is 1. The maximum atomic E-state index is 13.8. The standard InChI is InChI=1S/C24H28N4O3/c1-2-18(25)23-26-19-9-6-10-20(27-13-11-16(12-14-27)15-21(29)30)22(19)24(31)28(23)17-7-4-3-5-8-17/h3-10,16,18H,2,11-15,25H2,1H3,(H,29,30). The van der Waals surface area contributed by atoms with Crippen molar-refractivity contribution in [2.45, 2.75) is 38.6 Å². The highest BCUT2D eigenvalue weighted by molar-refractivity contribution is 5.91. The molecule has 1 saturated heterocycles. The summed E-state index contributed by atoms with van der Waals surface area (Å²) in [7, 11) is 0. The fourth-order valence-corrected chi connectivity index (χ4v) is 4.38. The number of carboxylic acids is 1. The average Bonchev–Trinajstić information content (AvgIpc) is 2.78. The third-order valence-corrected chi connectivity index (χ3v) is 6.11. The van der Waals surface area contributed by atoms with Crippen molar-refractivity contribution >= 4 is 22.6 Å². The Morgan fingerprint density at radius 2 is 1.87 bits per heavy atom. The minimum atomic E-state index is -0.752. The molecule has 31 heavy (non-hydrogen) atoms. The Bertz CT molecular complexity index is 1130. The van der Waals surface area contributed by atoms with E-state index in [0.717, 1.165) is 37.3 Å². The van der Waals surface area contributed by atoms with Crippen LogP contribution < -0.4 is 16.2 Å². The zero-order valence-electron chi connectivity index (χ0n) is 17.7. The maximum Gasteiger partial charge on any atom is 0.303 e. The summed E-state index contributed by atoms with van der Waals surface area (Å²) >= 11 is 0. The average molecular weight is 421 g/mol. The van der Waals surface area contributed by atoms with Gasteiger partial charge in [-0.3, -0.25) is 14.2 Å². The van der Waals surface area contributed by atoms with Crippen molar-refractivity contribution in [3.63, 3.8) is 0 Å². The van der Waals surface area contributed by atoms with Gasteiger partial charge in [0.05, 0.1) is 28.3 Å². The Morgan fingerprint density at radius 3 is 2.52 bits per heavy atom. The van der Waals surface area contributed by atoms with Crippen molar-refractivity contribution in [2.75, 3.05) is 18.0 Å². The van der Waals surface area contributed by atoms with Crippen LogP contribution in [0.3, 0.4) is 0 Å². The molecule has 0 radical (unpaired) electrons. The predicted molar refractivity (Wildman–Crippen MR) is 122 cm³/mol. The predicted octanol–water partition coefficient (Wildman–Crippen LogP) is 3.49. The molecule has 7 heteroatoms. The van der Waals surface area contributed by atoms with Gasteiger partial charge in [0.1, 0.15) is 5.82 Å². The number of fused-ring (bicyclic) bond motifs is 1. The zero-order valence-corrected chi connectivity index (χ0v) is 17.7. The smallest absolute Gasteiger partial charge is 0.303 e. The first-order valence-corrected chi connectivity index (χ1v) is 10.8. The first kappa shape index (κ1) is 21.1. The van der Waals surface area contributed by atoms with Crippen molar-refractivity contribution in [3.8, 4) is 5.69 Å². The molecule has 0 spiro atoms. The number of hydrogen-bond acceptors (Lipinski definition) is 5. The highest BCUT2D eigenvalue weighted by Crippen LogP contribution is 2.30. The molecule has 3 aromatic rings. The monoisotopic (exact) mass is 420 g/mol. The summed E-state index contributed by atoms with van der Waals surface area (Å²) in [6.07, 6.45) is 2.45. The fourth-order valence-electron chi connectivity index (χ4n) is 4.38. The van der Waals surface area contributed by atoms with Crippen LogP contribution in [0.2, 0.25) is 0 Å². The summed E-state index contributed by atoms with van der Waals surface area (Å²) in [6.45, 7) is 3.42. The van der Waals surface area contributed by atoms with E-state index in [2.05, 4.69) is 4.90 Å². The van der Waals surface area contributed by atoms with Crippen LogP contribution in [0, 0.1) is 5.92 Å². The van der Waals surface area contributed by atoms with E-state index in [-0.39, 0.29) is 23.9 Å². The number of carbonyl (C=O) groups is 1. The van der Waals surface area contributed by atoms with Crippen molar-refractivity contribution in [2.24, 2.45) is 11.7 Å². The molecule has 4 rings (SSSR count).